The second-order valence-electron chi connectivity index (χ2n) is 6.14. The van der Waals surface area contributed by atoms with Crippen LogP contribution in [0.5, 0.6) is 0 Å². The van der Waals surface area contributed by atoms with E-state index in [1.54, 1.807) is 25.1 Å². The highest BCUT2D eigenvalue weighted by Gasteiger charge is 2.20. The molecule has 0 aliphatic rings. The van der Waals surface area contributed by atoms with E-state index in [1.807, 2.05) is 16.7 Å². The van der Waals surface area contributed by atoms with E-state index in [0.29, 0.717) is 28.9 Å². The van der Waals surface area contributed by atoms with Crippen LogP contribution in [0.15, 0.2) is 23.2 Å². The van der Waals surface area contributed by atoms with Gasteiger partial charge in [-0.3, -0.25) is 4.79 Å². The Bertz CT molecular complexity index is 772. The quantitative estimate of drug-likeness (QED) is 0.664. The fraction of sp³-hybridized carbons (Fsp3) is 0.375. The third-order valence-corrected chi connectivity index (χ3v) is 3.65. The first-order chi connectivity index (χ1) is 10.7. The van der Waals surface area contributed by atoms with Crippen molar-refractivity contribution < 1.29 is 4.79 Å². The zero-order chi connectivity index (χ0) is 17.3. The highest BCUT2D eigenvalue weighted by atomic mass is 35.5. The molecule has 1 aromatic heterocycles. The summed E-state index contributed by atoms with van der Waals surface area (Å²) in [6.07, 6.45) is 0. The van der Waals surface area contributed by atoms with Crippen molar-refractivity contribution in [2.75, 3.05) is 14.1 Å². The number of hydrogen-bond acceptors (Lipinski definition) is 2. The molecule has 2 rings (SSSR count). The Labute approximate surface area is 140 Å². The number of amides is 1. The van der Waals surface area contributed by atoms with Crippen molar-refractivity contribution >= 4 is 40.1 Å². The number of rotatable bonds is 4. The predicted molar refractivity (Wildman–Crippen MR) is 95.3 cm³/mol. The number of fused-ring (bicyclic) bond motifs is 1. The van der Waals surface area contributed by atoms with Crippen molar-refractivity contribution in [1.82, 2.24) is 9.47 Å². The number of nitrogens with zero attached hydrogens (tertiary/aromatic N) is 3. The molecule has 0 saturated carbocycles. The molecule has 0 saturated heterocycles. The lowest BCUT2D eigenvalue weighted by atomic mass is 10.2. The van der Waals surface area contributed by atoms with Crippen molar-refractivity contribution in [3.05, 3.63) is 28.9 Å². The van der Waals surface area contributed by atoms with E-state index in [9.17, 15) is 4.79 Å². The zero-order valence-corrected chi connectivity index (χ0v) is 14.6. The van der Waals surface area contributed by atoms with E-state index in [0.717, 1.165) is 10.9 Å². The Morgan fingerprint density at radius 3 is 2.48 bits per heavy atom. The molecule has 0 atom stereocenters. The van der Waals surface area contributed by atoms with Crippen molar-refractivity contribution in [3.63, 3.8) is 0 Å². The van der Waals surface area contributed by atoms with Crippen LogP contribution in [0, 0.1) is 5.92 Å². The maximum absolute atomic E-state index is 12.5. The summed E-state index contributed by atoms with van der Waals surface area (Å²) in [4.78, 5) is 18.1. The molecule has 0 aliphatic carbocycles. The summed E-state index contributed by atoms with van der Waals surface area (Å²) >= 11 is 6.44. The largest absolute Gasteiger partial charge is 0.370 e. The van der Waals surface area contributed by atoms with E-state index < -0.39 is 0 Å². The number of nitrogens with two attached hydrogens (primary N) is 2. The topological polar surface area (TPSA) is 89.6 Å². The molecule has 124 valence electrons. The number of benzene rings is 1. The van der Waals surface area contributed by atoms with Crippen LogP contribution < -0.4 is 11.5 Å². The lowest BCUT2D eigenvalue weighted by molar-refractivity contribution is 0.0817. The van der Waals surface area contributed by atoms with E-state index in [2.05, 4.69) is 18.8 Å². The molecule has 6 nitrogen and oxygen atoms in total. The van der Waals surface area contributed by atoms with E-state index in [-0.39, 0.29) is 11.9 Å². The van der Waals surface area contributed by atoms with Gasteiger partial charge in [-0.15, -0.1) is 0 Å². The van der Waals surface area contributed by atoms with E-state index in [1.165, 1.54) is 0 Å². The van der Waals surface area contributed by atoms with Crippen LogP contribution in [0.2, 0.25) is 5.02 Å². The predicted octanol–water partition coefficient (Wildman–Crippen LogP) is 2.56. The number of aliphatic imine (C=N–C) groups is 1. The summed E-state index contributed by atoms with van der Waals surface area (Å²) in [7, 11) is 3.46. The summed E-state index contributed by atoms with van der Waals surface area (Å²) in [5, 5.41) is 1.35. The van der Waals surface area contributed by atoms with Gasteiger partial charge in [-0.1, -0.05) is 25.4 Å². The molecule has 2 aromatic rings. The van der Waals surface area contributed by atoms with Crippen LogP contribution in [0.3, 0.4) is 0 Å². The normalized spacial score (nSPS) is 11.0. The summed E-state index contributed by atoms with van der Waals surface area (Å²) < 4.78 is 1.96. The maximum Gasteiger partial charge on any atom is 0.269 e. The Hall–Kier alpha value is -2.21. The van der Waals surface area contributed by atoms with Crippen molar-refractivity contribution in [2.24, 2.45) is 22.4 Å². The van der Waals surface area contributed by atoms with Crippen molar-refractivity contribution in [3.8, 4) is 0 Å². The van der Waals surface area contributed by atoms with Gasteiger partial charge in [0.15, 0.2) is 5.96 Å². The number of carbonyl (C=O) groups excluding carboxylic acids is 1. The summed E-state index contributed by atoms with van der Waals surface area (Å²) in [6.45, 7) is 4.88. The summed E-state index contributed by atoms with van der Waals surface area (Å²) in [6, 6.07) is 5.35. The molecule has 0 spiro atoms. The minimum Gasteiger partial charge on any atom is -0.370 e. The Morgan fingerprint density at radius 1 is 1.30 bits per heavy atom. The van der Waals surface area contributed by atoms with Gasteiger partial charge < -0.3 is 20.9 Å². The first-order valence-electron chi connectivity index (χ1n) is 7.34. The van der Waals surface area contributed by atoms with Gasteiger partial charge in [0.2, 0.25) is 0 Å². The third-order valence-electron chi connectivity index (χ3n) is 3.36. The summed E-state index contributed by atoms with van der Waals surface area (Å²) in [5.41, 5.74) is 12.8. The molecule has 1 heterocycles. The average Bonchev–Trinajstić information content (AvgIpc) is 2.75. The third kappa shape index (κ3) is 3.59. The monoisotopic (exact) mass is 335 g/mol. The molecule has 7 heteroatoms. The van der Waals surface area contributed by atoms with Crippen LogP contribution in [0.1, 0.15) is 24.3 Å². The molecule has 0 bridgehead atoms. The molecule has 0 radical (unpaired) electrons. The standard InChI is InChI=1S/C16H22ClN5O/c1-9(2)8-22-13(15(23)21(3)4)6-10-5-11(20-16(18)19)7-12(17)14(10)22/h5-7,9H,8H2,1-4H3,(H4,18,19,20). The van der Waals surface area contributed by atoms with Crippen LogP contribution in [0.25, 0.3) is 10.9 Å². The van der Waals surface area contributed by atoms with Gasteiger partial charge in [-0.2, -0.15) is 0 Å². The van der Waals surface area contributed by atoms with Crippen LogP contribution in [0.4, 0.5) is 5.69 Å². The minimum absolute atomic E-state index is 0.0355. The fourth-order valence-electron chi connectivity index (χ4n) is 2.52. The molecular formula is C16H22ClN5O. The Kier molecular flexibility index (Phi) is 4.85. The van der Waals surface area contributed by atoms with Gasteiger partial charge in [0, 0.05) is 26.0 Å². The van der Waals surface area contributed by atoms with Gasteiger partial charge in [-0.05, 0) is 24.1 Å². The number of hydrogen-bond donors (Lipinski definition) is 2. The van der Waals surface area contributed by atoms with Gasteiger partial charge >= 0.3 is 0 Å². The van der Waals surface area contributed by atoms with Crippen LogP contribution in [-0.4, -0.2) is 35.4 Å². The Morgan fingerprint density at radius 2 is 1.96 bits per heavy atom. The second kappa shape index (κ2) is 6.50. The van der Waals surface area contributed by atoms with Gasteiger partial charge in [0.1, 0.15) is 5.69 Å². The van der Waals surface area contributed by atoms with E-state index in [4.69, 9.17) is 23.1 Å². The first kappa shape index (κ1) is 17.1. The molecule has 4 N–H and O–H groups in total. The molecule has 1 aromatic carbocycles. The highest BCUT2D eigenvalue weighted by Crippen LogP contribution is 2.33. The van der Waals surface area contributed by atoms with Gasteiger partial charge in [0.05, 0.1) is 16.2 Å². The first-order valence-corrected chi connectivity index (χ1v) is 7.72. The lowest BCUT2D eigenvalue weighted by Crippen LogP contribution is -2.25. The molecular weight excluding hydrogens is 314 g/mol. The minimum atomic E-state index is -0.0682. The SMILES string of the molecule is CC(C)Cn1c(C(=O)N(C)C)cc2cc(N=C(N)N)cc(Cl)c21. The molecule has 0 unspecified atom stereocenters. The Balaban J connectivity index is 2.73. The lowest BCUT2D eigenvalue weighted by Gasteiger charge is -2.16. The number of carbonyl (C=O) groups is 1. The molecule has 23 heavy (non-hydrogen) atoms. The highest BCUT2D eigenvalue weighted by molar-refractivity contribution is 6.35. The maximum atomic E-state index is 12.5. The number of guanidine groups is 1. The number of aromatic nitrogens is 1. The van der Waals surface area contributed by atoms with Gasteiger partial charge in [-0.25, -0.2) is 4.99 Å². The van der Waals surface area contributed by atoms with Gasteiger partial charge in [0.25, 0.3) is 5.91 Å². The number of halogens is 1. The van der Waals surface area contributed by atoms with Crippen LogP contribution in [-0.2, 0) is 6.54 Å². The summed E-state index contributed by atoms with van der Waals surface area (Å²) in [5.74, 6) is 0.265. The second-order valence-corrected chi connectivity index (χ2v) is 6.54. The van der Waals surface area contributed by atoms with Crippen molar-refractivity contribution in [1.29, 1.82) is 0 Å². The smallest absolute Gasteiger partial charge is 0.269 e. The fourth-order valence-corrected chi connectivity index (χ4v) is 2.84. The van der Waals surface area contributed by atoms with Crippen LogP contribution >= 0.6 is 11.6 Å². The van der Waals surface area contributed by atoms with E-state index >= 15 is 0 Å². The zero-order valence-electron chi connectivity index (χ0n) is 13.8. The average molecular weight is 336 g/mol. The molecule has 1 amide bonds. The molecule has 0 aliphatic heterocycles. The van der Waals surface area contributed by atoms with Crippen molar-refractivity contribution in [2.45, 2.75) is 20.4 Å². The molecule has 0 fully saturated rings.